The Kier molecular flexibility index (Phi) is 57.7. The van der Waals surface area contributed by atoms with Crippen molar-refractivity contribution in [3.63, 3.8) is 0 Å². The van der Waals surface area contributed by atoms with E-state index in [-0.39, 0.29) is 31.1 Å². The quantitative estimate of drug-likeness (QED) is 0.0261. The van der Waals surface area contributed by atoms with Crippen molar-refractivity contribution in [1.82, 2.24) is 0 Å². The van der Waals surface area contributed by atoms with Gasteiger partial charge in [-0.05, 0) is 51.4 Å². The van der Waals surface area contributed by atoms with Gasteiger partial charge in [0.05, 0.1) is 0 Å². The van der Waals surface area contributed by atoms with Crippen LogP contribution in [0.4, 0.5) is 0 Å². The van der Waals surface area contributed by atoms with Gasteiger partial charge in [-0.2, -0.15) is 0 Å². The van der Waals surface area contributed by atoms with Gasteiger partial charge in [0, 0.05) is 19.3 Å². The lowest BCUT2D eigenvalue weighted by Gasteiger charge is -2.18. The average Bonchev–Trinajstić information content (AvgIpc) is 3.36. The van der Waals surface area contributed by atoms with Gasteiger partial charge < -0.3 is 14.2 Å². The minimum Gasteiger partial charge on any atom is -0.462 e. The number of hydrogen-bond acceptors (Lipinski definition) is 6. The smallest absolute Gasteiger partial charge is 0.306 e. The van der Waals surface area contributed by atoms with Gasteiger partial charge in [0.2, 0.25) is 0 Å². The Morgan fingerprint density at radius 3 is 0.814 bits per heavy atom. The van der Waals surface area contributed by atoms with Crippen LogP contribution in [-0.4, -0.2) is 37.2 Å². The van der Waals surface area contributed by atoms with E-state index in [1.54, 1.807) is 0 Å². The summed E-state index contributed by atoms with van der Waals surface area (Å²) in [7, 11) is 0. The Morgan fingerprint density at radius 1 is 0.286 bits per heavy atom. The highest BCUT2D eigenvalue weighted by Gasteiger charge is 2.19. The zero-order chi connectivity index (χ0) is 50.7. The molecule has 0 aromatic heterocycles. The third-order valence-corrected chi connectivity index (χ3v) is 14.2. The van der Waals surface area contributed by atoms with E-state index in [2.05, 4.69) is 45.1 Å². The number of carbonyl (C=O) groups excluding carboxylic acids is 3. The number of allylic oxidation sites excluding steroid dienone is 4. The predicted molar refractivity (Wildman–Crippen MR) is 303 cm³/mol. The van der Waals surface area contributed by atoms with E-state index >= 15 is 0 Å². The second-order valence-corrected chi connectivity index (χ2v) is 21.3. The molecule has 0 aromatic rings. The summed E-state index contributed by atoms with van der Waals surface area (Å²) in [4.78, 5) is 37.9. The zero-order valence-corrected chi connectivity index (χ0v) is 47.3. The molecular weight excluding hydrogens is 865 g/mol. The van der Waals surface area contributed by atoms with Crippen LogP contribution in [-0.2, 0) is 28.6 Å². The van der Waals surface area contributed by atoms with E-state index in [0.717, 1.165) is 70.6 Å². The monoisotopic (exact) mass is 985 g/mol. The zero-order valence-electron chi connectivity index (χ0n) is 47.3. The fourth-order valence-electron chi connectivity index (χ4n) is 9.48. The summed E-state index contributed by atoms with van der Waals surface area (Å²) in [6.45, 7) is 6.58. The second-order valence-electron chi connectivity index (χ2n) is 21.3. The van der Waals surface area contributed by atoms with Gasteiger partial charge in [0.25, 0.3) is 0 Å². The third kappa shape index (κ3) is 56.8. The van der Waals surface area contributed by atoms with Gasteiger partial charge in [-0.25, -0.2) is 0 Å². The van der Waals surface area contributed by atoms with E-state index in [4.69, 9.17) is 14.2 Å². The molecule has 1 unspecified atom stereocenters. The normalized spacial score (nSPS) is 12.1. The summed E-state index contributed by atoms with van der Waals surface area (Å²) in [5, 5.41) is 0. The molecule has 0 amide bonds. The summed E-state index contributed by atoms with van der Waals surface area (Å²) in [5.74, 6) is -0.867. The van der Waals surface area contributed by atoms with Crippen molar-refractivity contribution in [2.75, 3.05) is 13.2 Å². The van der Waals surface area contributed by atoms with Gasteiger partial charge in [0.1, 0.15) is 13.2 Å². The van der Waals surface area contributed by atoms with Crippen LogP contribution in [0.15, 0.2) is 24.3 Å². The molecule has 6 heteroatoms. The molecule has 0 N–H and O–H groups in total. The van der Waals surface area contributed by atoms with Gasteiger partial charge in [-0.1, -0.05) is 302 Å². The number of carbonyl (C=O) groups is 3. The highest BCUT2D eigenvalue weighted by molar-refractivity contribution is 5.71. The van der Waals surface area contributed by atoms with E-state index in [1.165, 1.54) is 238 Å². The number of rotatable bonds is 58. The minimum absolute atomic E-state index is 0.0687. The minimum atomic E-state index is -0.767. The van der Waals surface area contributed by atoms with Crippen LogP contribution in [0.1, 0.15) is 348 Å². The lowest BCUT2D eigenvalue weighted by molar-refractivity contribution is -0.167. The second kappa shape index (κ2) is 59.5. The third-order valence-electron chi connectivity index (χ3n) is 14.2. The first-order valence-corrected chi connectivity index (χ1v) is 31.3. The molecule has 0 aliphatic rings. The van der Waals surface area contributed by atoms with Crippen molar-refractivity contribution >= 4 is 17.9 Å². The molecule has 0 bridgehead atoms. The molecule has 0 fully saturated rings. The van der Waals surface area contributed by atoms with Crippen LogP contribution in [0.25, 0.3) is 0 Å². The molecule has 0 aliphatic heterocycles. The molecule has 70 heavy (non-hydrogen) atoms. The first kappa shape index (κ1) is 67.9. The Hall–Kier alpha value is -2.11. The van der Waals surface area contributed by atoms with E-state index in [0.29, 0.717) is 19.3 Å². The summed E-state index contributed by atoms with van der Waals surface area (Å²) in [6, 6.07) is 0. The largest absolute Gasteiger partial charge is 0.462 e. The van der Waals surface area contributed by atoms with Crippen LogP contribution >= 0.6 is 0 Å². The summed E-state index contributed by atoms with van der Waals surface area (Å²) < 4.78 is 16.8. The SMILES string of the molecule is CCCCC/C=C\C/C=C\CCCCCCCCCCCC(=O)OC(COC(=O)CCCCCCC)COC(=O)CCCCCCCCCCCCCCCCCCCCCCCCCCCCCC. The molecular formula is C64H120O6. The highest BCUT2D eigenvalue weighted by Crippen LogP contribution is 2.18. The molecule has 412 valence electrons. The predicted octanol–water partition coefficient (Wildman–Crippen LogP) is 21.1. The van der Waals surface area contributed by atoms with Crippen LogP contribution < -0.4 is 0 Å². The molecule has 0 spiro atoms. The van der Waals surface area contributed by atoms with Crippen molar-refractivity contribution in [1.29, 1.82) is 0 Å². The first-order chi connectivity index (χ1) is 34.5. The molecule has 0 aromatic carbocycles. The van der Waals surface area contributed by atoms with Gasteiger partial charge in [-0.3, -0.25) is 14.4 Å². The average molecular weight is 986 g/mol. The molecule has 1 atom stereocenters. The van der Waals surface area contributed by atoms with Gasteiger partial charge in [-0.15, -0.1) is 0 Å². The Labute approximate surface area is 436 Å². The Bertz CT molecular complexity index is 1130. The summed E-state index contributed by atoms with van der Waals surface area (Å²) in [6.07, 6.45) is 71.0. The molecule has 0 saturated carbocycles. The van der Waals surface area contributed by atoms with Crippen molar-refractivity contribution in [2.24, 2.45) is 0 Å². The van der Waals surface area contributed by atoms with Crippen LogP contribution in [0.5, 0.6) is 0 Å². The molecule has 0 radical (unpaired) electrons. The Morgan fingerprint density at radius 2 is 0.514 bits per heavy atom. The van der Waals surface area contributed by atoms with Crippen LogP contribution in [0.2, 0.25) is 0 Å². The highest BCUT2D eigenvalue weighted by atomic mass is 16.6. The molecule has 6 nitrogen and oxygen atoms in total. The first-order valence-electron chi connectivity index (χ1n) is 31.3. The number of esters is 3. The molecule has 0 heterocycles. The lowest BCUT2D eigenvalue weighted by Crippen LogP contribution is -2.30. The molecule has 0 saturated heterocycles. The topological polar surface area (TPSA) is 78.9 Å². The van der Waals surface area contributed by atoms with Crippen molar-refractivity contribution in [3.05, 3.63) is 24.3 Å². The van der Waals surface area contributed by atoms with Crippen LogP contribution in [0.3, 0.4) is 0 Å². The van der Waals surface area contributed by atoms with Gasteiger partial charge in [0.15, 0.2) is 6.10 Å². The van der Waals surface area contributed by atoms with Crippen molar-refractivity contribution in [3.8, 4) is 0 Å². The standard InChI is InChI=1S/C64H120O6/c1-4-7-10-13-15-17-19-21-23-25-27-28-29-30-31-32-33-34-35-37-38-40-42-44-46-48-51-54-57-63(66)69-60-61(59-68-62(65)56-53-50-12-9-6-3)70-64(67)58-55-52-49-47-45-43-41-39-36-26-24-22-20-18-16-14-11-8-5-2/h16,18,22,24,61H,4-15,17,19-21,23,25-60H2,1-3H3/b18-16-,24-22-. The van der Waals surface area contributed by atoms with Crippen molar-refractivity contribution in [2.45, 2.75) is 354 Å². The lowest BCUT2D eigenvalue weighted by atomic mass is 10.0. The molecule has 0 aliphatic carbocycles. The Balaban J connectivity index is 3.96. The maximum absolute atomic E-state index is 12.8. The molecule has 0 rings (SSSR count). The number of ether oxygens (including phenoxy) is 3. The van der Waals surface area contributed by atoms with Crippen LogP contribution in [0, 0.1) is 0 Å². The van der Waals surface area contributed by atoms with E-state index < -0.39 is 6.10 Å². The summed E-state index contributed by atoms with van der Waals surface area (Å²) in [5.41, 5.74) is 0. The fraction of sp³-hybridized carbons (Fsp3) is 0.891. The summed E-state index contributed by atoms with van der Waals surface area (Å²) >= 11 is 0. The van der Waals surface area contributed by atoms with Gasteiger partial charge >= 0.3 is 17.9 Å². The van der Waals surface area contributed by atoms with E-state index in [9.17, 15) is 14.4 Å². The number of hydrogen-bond donors (Lipinski definition) is 0. The number of unbranched alkanes of at least 4 members (excludes halogenated alkanes) is 43. The maximum atomic E-state index is 12.8. The van der Waals surface area contributed by atoms with Crippen molar-refractivity contribution < 1.29 is 28.6 Å². The fourth-order valence-corrected chi connectivity index (χ4v) is 9.48. The maximum Gasteiger partial charge on any atom is 0.306 e. The van der Waals surface area contributed by atoms with E-state index in [1.807, 2.05) is 0 Å².